The molecule has 0 amide bonds. The number of hydrogen-bond acceptors (Lipinski definition) is 5. The Balaban J connectivity index is 1.35. The summed E-state index contributed by atoms with van der Waals surface area (Å²) in [5.41, 5.74) is 2.01. The Hall–Kier alpha value is -3.22. The van der Waals surface area contributed by atoms with Crippen LogP contribution in [-0.4, -0.2) is 36.1 Å². The van der Waals surface area contributed by atoms with Crippen molar-refractivity contribution in [2.24, 2.45) is 0 Å². The van der Waals surface area contributed by atoms with Crippen molar-refractivity contribution in [2.45, 2.75) is 6.54 Å². The zero-order chi connectivity index (χ0) is 19.3. The maximum atomic E-state index is 13.1. The number of piperazine rings is 1. The van der Waals surface area contributed by atoms with E-state index in [-0.39, 0.29) is 11.6 Å². The van der Waals surface area contributed by atoms with E-state index >= 15 is 0 Å². The standard InChI is InChI=1S/C21H21F2N5/c22-17-3-1-16(2-4-17)15-25-20-9-10-24-21(26-20)28-13-11-27(12-14-28)19-7-5-18(23)6-8-19/h1-10H,11-15H2,(H,24,25,26). The van der Waals surface area contributed by atoms with Crippen molar-refractivity contribution >= 4 is 17.5 Å². The van der Waals surface area contributed by atoms with Crippen molar-refractivity contribution in [3.63, 3.8) is 0 Å². The van der Waals surface area contributed by atoms with Crippen LogP contribution in [0.1, 0.15) is 5.56 Å². The van der Waals surface area contributed by atoms with Gasteiger partial charge >= 0.3 is 0 Å². The summed E-state index contributed by atoms with van der Waals surface area (Å²) in [7, 11) is 0. The van der Waals surface area contributed by atoms with E-state index in [9.17, 15) is 8.78 Å². The highest BCUT2D eigenvalue weighted by Crippen LogP contribution is 2.19. The van der Waals surface area contributed by atoms with E-state index in [0.29, 0.717) is 12.5 Å². The number of aromatic nitrogens is 2. The number of anilines is 3. The molecule has 0 aliphatic carbocycles. The number of hydrogen-bond donors (Lipinski definition) is 1. The average Bonchev–Trinajstić information content (AvgIpc) is 2.74. The summed E-state index contributed by atoms with van der Waals surface area (Å²) in [4.78, 5) is 13.4. The van der Waals surface area contributed by atoms with Crippen molar-refractivity contribution in [2.75, 3.05) is 41.3 Å². The first kappa shape index (κ1) is 18.2. The van der Waals surface area contributed by atoms with Gasteiger partial charge in [0.05, 0.1) is 0 Å². The summed E-state index contributed by atoms with van der Waals surface area (Å²) in [5, 5.41) is 3.25. The number of benzene rings is 2. The molecule has 4 rings (SSSR count). The van der Waals surface area contributed by atoms with Gasteiger partial charge in [-0.3, -0.25) is 0 Å². The normalized spacial score (nSPS) is 14.2. The van der Waals surface area contributed by atoms with Gasteiger partial charge in [0.1, 0.15) is 17.5 Å². The van der Waals surface area contributed by atoms with Crippen LogP contribution in [0.25, 0.3) is 0 Å². The van der Waals surface area contributed by atoms with Crippen LogP contribution in [0.15, 0.2) is 60.8 Å². The lowest BCUT2D eigenvalue weighted by Crippen LogP contribution is -2.47. The molecule has 0 bridgehead atoms. The van der Waals surface area contributed by atoms with Crippen LogP contribution in [0.5, 0.6) is 0 Å². The number of halogens is 2. The van der Waals surface area contributed by atoms with Gasteiger partial charge < -0.3 is 15.1 Å². The monoisotopic (exact) mass is 381 g/mol. The van der Waals surface area contributed by atoms with Crippen molar-refractivity contribution in [3.05, 3.63) is 78.0 Å². The predicted octanol–water partition coefficient (Wildman–Crippen LogP) is 3.69. The highest BCUT2D eigenvalue weighted by atomic mass is 19.1. The lowest BCUT2D eigenvalue weighted by molar-refractivity contribution is 0.623. The molecule has 0 spiro atoms. The number of nitrogens with one attached hydrogen (secondary N) is 1. The van der Waals surface area contributed by atoms with Gasteiger partial charge in [-0.25, -0.2) is 13.8 Å². The van der Waals surface area contributed by atoms with Crippen LogP contribution in [0.4, 0.5) is 26.2 Å². The molecule has 28 heavy (non-hydrogen) atoms. The van der Waals surface area contributed by atoms with Gasteiger partial charge in [0, 0.05) is 44.6 Å². The fourth-order valence-corrected chi connectivity index (χ4v) is 3.21. The van der Waals surface area contributed by atoms with Crippen molar-refractivity contribution in [1.29, 1.82) is 0 Å². The van der Waals surface area contributed by atoms with Gasteiger partial charge in [-0.1, -0.05) is 12.1 Å². The van der Waals surface area contributed by atoms with E-state index in [1.54, 1.807) is 18.3 Å². The Bertz CT molecular complexity index is 907. The quantitative estimate of drug-likeness (QED) is 0.730. The Morgan fingerprint density at radius 3 is 2.07 bits per heavy atom. The number of rotatable bonds is 5. The number of nitrogens with zero attached hydrogens (tertiary/aromatic N) is 4. The van der Waals surface area contributed by atoms with Crippen LogP contribution < -0.4 is 15.1 Å². The first-order valence-corrected chi connectivity index (χ1v) is 9.24. The molecule has 0 atom stereocenters. The molecule has 3 aromatic rings. The third-order valence-corrected chi connectivity index (χ3v) is 4.78. The van der Waals surface area contributed by atoms with E-state index in [4.69, 9.17) is 0 Å². The molecule has 2 heterocycles. The highest BCUT2D eigenvalue weighted by Gasteiger charge is 2.19. The van der Waals surface area contributed by atoms with Crippen molar-refractivity contribution in [1.82, 2.24) is 9.97 Å². The minimum absolute atomic E-state index is 0.222. The van der Waals surface area contributed by atoms with Gasteiger partial charge in [-0.15, -0.1) is 0 Å². The fourth-order valence-electron chi connectivity index (χ4n) is 3.21. The Labute approximate surface area is 162 Å². The van der Waals surface area contributed by atoms with Crippen LogP contribution in [0, 0.1) is 11.6 Å². The van der Waals surface area contributed by atoms with E-state index in [0.717, 1.165) is 43.2 Å². The molecular weight excluding hydrogens is 360 g/mol. The Morgan fingerprint density at radius 2 is 1.39 bits per heavy atom. The molecule has 1 aliphatic heterocycles. The highest BCUT2D eigenvalue weighted by molar-refractivity contribution is 5.49. The second kappa shape index (κ2) is 8.21. The lowest BCUT2D eigenvalue weighted by Gasteiger charge is -2.36. The van der Waals surface area contributed by atoms with Gasteiger partial charge in [-0.2, -0.15) is 4.98 Å². The van der Waals surface area contributed by atoms with E-state index in [2.05, 4.69) is 25.1 Å². The first-order valence-electron chi connectivity index (χ1n) is 9.24. The molecule has 144 valence electrons. The van der Waals surface area contributed by atoms with E-state index in [1.165, 1.54) is 24.3 Å². The topological polar surface area (TPSA) is 44.3 Å². The zero-order valence-corrected chi connectivity index (χ0v) is 15.4. The third-order valence-electron chi connectivity index (χ3n) is 4.78. The van der Waals surface area contributed by atoms with Crippen LogP contribution in [0.2, 0.25) is 0 Å². The molecule has 1 saturated heterocycles. The molecule has 0 unspecified atom stereocenters. The smallest absolute Gasteiger partial charge is 0.227 e. The molecule has 1 aromatic heterocycles. The van der Waals surface area contributed by atoms with Gasteiger partial charge in [0.25, 0.3) is 0 Å². The molecule has 0 saturated carbocycles. The SMILES string of the molecule is Fc1ccc(CNc2ccnc(N3CCN(c4ccc(F)cc4)CC3)n2)cc1. The minimum Gasteiger partial charge on any atom is -0.368 e. The van der Waals surface area contributed by atoms with Gasteiger partial charge in [0.15, 0.2) is 0 Å². The Kier molecular flexibility index (Phi) is 5.32. The van der Waals surface area contributed by atoms with E-state index < -0.39 is 0 Å². The largest absolute Gasteiger partial charge is 0.368 e. The summed E-state index contributed by atoms with van der Waals surface area (Å²) in [6, 6.07) is 14.8. The molecule has 7 heteroatoms. The van der Waals surface area contributed by atoms with E-state index in [1.807, 2.05) is 18.2 Å². The molecule has 1 fully saturated rings. The molecular formula is C21H21F2N5. The molecule has 0 radical (unpaired) electrons. The maximum Gasteiger partial charge on any atom is 0.227 e. The lowest BCUT2D eigenvalue weighted by atomic mass is 10.2. The summed E-state index contributed by atoms with van der Waals surface area (Å²) in [6.45, 7) is 3.79. The minimum atomic E-state index is -0.243. The first-order chi connectivity index (χ1) is 13.7. The molecule has 1 N–H and O–H groups in total. The summed E-state index contributed by atoms with van der Waals surface area (Å²) in [5.74, 6) is 0.951. The second-order valence-electron chi connectivity index (χ2n) is 6.67. The maximum absolute atomic E-state index is 13.1. The van der Waals surface area contributed by atoms with Crippen molar-refractivity contribution < 1.29 is 8.78 Å². The third kappa shape index (κ3) is 4.36. The average molecular weight is 381 g/mol. The predicted molar refractivity (Wildman–Crippen MR) is 107 cm³/mol. The second-order valence-corrected chi connectivity index (χ2v) is 6.67. The fraction of sp³-hybridized carbons (Fsp3) is 0.238. The van der Waals surface area contributed by atoms with Crippen LogP contribution in [-0.2, 0) is 6.54 Å². The molecule has 1 aliphatic rings. The van der Waals surface area contributed by atoms with Crippen molar-refractivity contribution in [3.8, 4) is 0 Å². The summed E-state index contributed by atoms with van der Waals surface area (Å²) < 4.78 is 26.1. The molecule has 2 aromatic carbocycles. The zero-order valence-electron chi connectivity index (χ0n) is 15.4. The summed E-state index contributed by atoms with van der Waals surface area (Å²) >= 11 is 0. The van der Waals surface area contributed by atoms with Crippen LogP contribution >= 0.6 is 0 Å². The Morgan fingerprint density at radius 1 is 0.786 bits per heavy atom. The van der Waals surface area contributed by atoms with Gasteiger partial charge in [0.2, 0.25) is 5.95 Å². The molecule has 5 nitrogen and oxygen atoms in total. The van der Waals surface area contributed by atoms with Crippen LogP contribution in [0.3, 0.4) is 0 Å². The summed E-state index contributed by atoms with van der Waals surface area (Å²) in [6.07, 6.45) is 1.74. The van der Waals surface area contributed by atoms with Gasteiger partial charge in [-0.05, 0) is 48.0 Å².